The molecule has 0 aliphatic carbocycles. The first-order valence-corrected chi connectivity index (χ1v) is 7.36. The topological polar surface area (TPSA) is 89.2 Å². The van der Waals surface area contributed by atoms with Crippen molar-refractivity contribution in [3.63, 3.8) is 0 Å². The van der Waals surface area contributed by atoms with E-state index in [9.17, 15) is 15.2 Å². The first-order chi connectivity index (χ1) is 8.47. The highest BCUT2D eigenvalue weighted by Crippen LogP contribution is 2.43. The van der Waals surface area contributed by atoms with Crippen molar-refractivity contribution in [2.24, 2.45) is 0 Å². The second-order valence-corrected chi connectivity index (χ2v) is 7.22. The first-order valence-electron chi connectivity index (χ1n) is 4.91. The minimum Gasteiger partial charge on any atom is -0.388 e. The Bertz CT molecular complexity index is 579. The zero-order chi connectivity index (χ0) is 13.3. The molecule has 0 saturated carbocycles. The van der Waals surface area contributed by atoms with Gasteiger partial charge in [0.25, 0.3) is 5.69 Å². The molecule has 96 valence electrons. The van der Waals surface area contributed by atoms with Gasteiger partial charge in [0, 0.05) is 10.9 Å². The Morgan fingerprint density at radius 3 is 2.72 bits per heavy atom. The smallest absolute Gasteiger partial charge is 0.294 e. The van der Waals surface area contributed by atoms with Crippen LogP contribution in [0.2, 0.25) is 0 Å². The molecular formula is C9H9N3O3S3. The predicted molar refractivity (Wildman–Crippen MR) is 70.4 cm³/mol. The summed E-state index contributed by atoms with van der Waals surface area (Å²) in [7, 11) is 0. The first kappa shape index (κ1) is 13.4. The van der Waals surface area contributed by atoms with Crippen LogP contribution >= 0.6 is 34.4 Å². The molecular weight excluding hydrogens is 294 g/mol. The van der Waals surface area contributed by atoms with Crippen LogP contribution in [0.3, 0.4) is 0 Å². The second-order valence-electron chi connectivity index (χ2n) is 3.44. The van der Waals surface area contributed by atoms with Crippen molar-refractivity contribution in [3.8, 4) is 0 Å². The van der Waals surface area contributed by atoms with E-state index in [0.717, 1.165) is 5.01 Å². The van der Waals surface area contributed by atoms with Gasteiger partial charge in [0.15, 0.2) is 4.34 Å². The van der Waals surface area contributed by atoms with Crippen molar-refractivity contribution in [1.29, 1.82) is 0 Å². The summed E-state index contributed by atoms with van der Waals surface area (Å²) in [4.78, 5) is 11.1. The summed E-state index contributed by atoms with van der Waals surface area (Å²) in [6.45, 7) is 3.41. The predicted octanol–water partition coefficient (Wildman–Crippen LogP) is 3.02. The van der Waals surface area contributed by atoms with Crippen molar-refractivity contribution < 1.29 is 10.0 Å². The van der Waals surface area contributed by atoms with Crippen LogP contribution in [0.15, 0.2) is 14.6 Å². The number of thiophene rings is 1. The Morgan fingerprint density at radius 2 is 2.22 bits per heavy atom. The molecule has 6 nitrogen and oxygen atoms in total. The lowest BCUT2D eigenvalue weighted by Crippen LogP contribution is -1.87. The lowest BCUT2D eigenvalue weighted by Gasteiger charge is -1.95. The lowest BCUT2D eigenvalue weighted by atomic mass is 10.3. The second kappa shape index (κ2) is 5.31. The molecule has 0 fully saturated rings. The van der Waals surface area contributed by atoms with Gasteiger partial charge in [0.1, 0.15) is 9.22 Å². The Labute approximate surface area is 115 Å². The van der Waals surface area contributed by atoms with Crippen LogP contribution in [0, 0.1) is 17.0 Å². The zero-order valence-corrected chi connectivity index (χ0v) is 11.9. The molecule has 0 amide bonds. The molecule has 2 heterocycles. The van der Waals surface area contributed by atoms with Crippen molar-refractivity contribution in [2.45, 2.75) is 28.5 Å². The third-order valence-electron chi connectivity index (χ3n) is 1.99. The van der Waals surface area contributed by atoms with Crippen molar-refractivity contribution in [1.82, 2.24) is 10.2 Å². The van der Waals surface area contributed by atoms with Crippen molar-refractivity contribution in [2.75, 3.05) is 0 Å². The van der Waals surface area contributed by atoms with Crippen molar-refractivity contribution in [3.05, 3.63) is 26.1 Å². The third-order valence-corrected chi connectivity index (χ3v) is 5.37. The zero-order valence-electron chi connectivity index (χ0n) is 9.48. The number of aliphatic hydroxyl groups is 1. The van der Waals surface area contributed by atoms with Crippen LogP contribution in [0.25, 0.3) is 0 Å². The van der Waals surface area contributed by atoms with Gasteiger partial charge in [-0.1, -0.05) is 11.3 Å². The van der Waals surface area contributed by atoms with Crippen LogP contribution in [0.1, 0.15) is 22.9 Å². The quantitative estimate of drug-likeness (QED) is 0.690. The number of nitro groups is 1. The summed E-state index contributed by atoms with van der Waals surface area (Å²) in [5.41, 5.74) is 0.00810. The molecule has 0 aromatic carbocycles. The van der Waals surface area contributed by atoms with Crippen molar-refractivity contribution >= 4 is 40.1 Å². The molecule has 0 aliphatic rings. The normalized spacial score (nSPS) is 12.6. The fraction of sp³-hybridized carbons (Fsp3) is 0.333. The maximum Gasteiger partial charge on any atom is 0.294 e. The Balaban J connectivity index is 2.33. The van der Waals surface area contributed by atoms with Gasteiger partial charge in [-0.2, -0.15) is 0 Å². The van der Waals surface area contributed by atoms with Crippen LogP contribution in [0.5, 0.6) is 0 Å². The standard InChI is InChI=1S/C9H9N3O3S3/c1-4(13)7-3-6(12(14)15)8(17-7)18-9-11-10-5(2)16-9/h3-4,13H,1-2H3. The molecule has 2 aromatic rings. The number of rotatable bonds is 4. The van der Waals surface area contributed by atoms with Gasteiger partial charge in [-0.3, -0.25) is 10.1 Å². The van der Waals surface area contributed by atoms with E-state index in [0.29, 0.717) is 13.4 Å². The van der Waals surface area contributed by atoms with E-state index in [2.05, 4.69) is 10.2 Å². The SMILES string of the molecule is Cc1nnc(Sc2sc(C(C)O)cc2[N+](=O)[O-])s1. The average Bonchev–Trinajstić information content (AvgIpc) is 2.85. The van der Waals surface area contributed by atoms with Gasteiger partial charge < -0.3 is 5.11 Å². The molecule has 0 radical (unpaired) electrons. The monoisotopic (exact) mass is 303 g/mol. The van der Waals surface area contributed by atoms with Gasteiger partial charge >= 0.3 is 0 Å². The molecule has 0 spiro atoms. The molecule has 0 aliphatic heterocycles. The third kappa shape index (κ3) is 2.86. The van der Waals surface area contributed by atoms with E-state index in [1.807, 2.05) is 6.92 Å². The number of hydrogen-bond acceptors (Lipinski definition) is 8. The molecule has 0 saturated heterocycles. The summed E-state index contributed by atoms with van der Waals surface area (Å²) < 4.78 is 1.18. The highest BCUT2D eigenvalue weighted by atomic mass is 32.2. The van der Waals surface area contributed by atoms with E-state index >= 15 is 0 Å². The molecule has 1 atom stereocenters. The molecule has 2 aromatic heterocycles. The largest absolute Gasteiger partial charge is 0.388 e. The summed E-state index contributed by atoms with van der Waals surface area (Å²) in [5.74, 6) is 0. The number of aliphatic hydroxyl groups excluding tert-OH is 1. The molecule has 1 unspecified atom stereocenters. The Morgan fingerprint density at radius 1 is 1.50 bits per heavy atom. The van der Waals surface area contributed by atoms with Crippen LogP contribution < -0.4 is 0 Å². The molecule has 2 rings (SSSR count). The number of hydrogen-bond donors (Lipinski definition) is 1. The van der Waals surface area contributed by atoms with Gasteiger partial charge in [-0.05, 0) is 25.6 Å². The van der Waals surface area contributed by atoms with Gasteiger partial charge in [0.2, 0.25) is 0 Å². The summed E-state index contributed by atoms with van der Waals surface area (Å²) in [6, 6.07) is 1.41. The fourth-order valence-electron chi connectivity index (χ4n) is 1.19. The fourth-order valence-corrected chi connectivity index (χ4v) is 4.50. The Kier molecular flexibility index (Phi) is 3.95. The Hall–Kier alpha value is -1.03. The highest BCUT2D eigenvalue weighted by molar-refractivity contribution is 8.02. The van der Waals surface area contributed by atoms with Crippen LogP contribution in [0.4, 0.5) is 5.69 Å². The number of nitrogens with zero attached hydrogens (tertiary/aromatic N) is 3. The number of aromatic nitrogens is 2. The van der Waals surface area contributed by atoms with E-state index in [4.69, 9.17) is 0 Å². The average molecular weight is 303 g/mol. The van der Waals surface area contributed by atoms with E-state index in [-0.39, 0.29) is 5.69 Å². The van der Waals surface area contributed by atoms with E-state index < -0.39 is 11.0 Å². The van der Waals surface area contributed by atoms with E-state index in [1.54, 1.807) is 6.92 Å². The van der Waals surface area contributed by atoms with Crippen LogP contribution in [-0.2, 0) is 0 Å². The minimum absolute atomic E-state index is 0.00810. The van der Waals surface area contributed by atoms with Gasteiger partial charge in [-0.15, -0.1) is 21.5 Å². The summed E-state index contributed by atoms with van der Waals surface area (Å²) in [6.07, 6.45) is -0.709. The molecule has 18 heavy (non-hydrogen) atoms. The number of aryl methyl sites for hydroxylation is 1. The van der Waals surface area contributed by atoms with E-state index in [1.165, 1.54) is 40.5 Å². The molecule has 0 bridgehead atoms. The van der Waals surface area contributed by atoms with Gasteiger partial charge in [0.05, 0.1) is 11.0 Å². The molecule has 9 heteroatoms. The molecule has 1 N–H and O–H groups in total. The van der Waals surface area contributed by atoms with Crippen LogP contribution in [-0.4, -0.2) is 20.2 Å². The highest BCUT2D eigenvalue weighted by Gasteiger charge is 2.22. The maximum atomic E-state index is 10.9. The lowest BCUT2D eigenvalue weighted by molar-refractivity contribution is -0.387. The summed E-state index contributed by atoms with van der Waals surface area (Å²) >= 11 is 3.81. The minimum atomic E-state index is -0.709. The summed E-state index contributed by atoms with van der Waals surface area (Å²) in [5, 5.41) is 29.0. The maximum absolute atomic E-state index is 10.9. The van der Waals surface area contributed by atoms with Gasteiger partial charge in [-0.25, -0.2) is 0 Å².